The summed E-state index contributed by atoms with van der Waals surface area (Å²) in [6.45, 7) is 2.01. The van der Waals surface area contributed by atoms with Crippen LogP contribution in [0.3, 0.4) is 0 Å². The number of aromatic nitrogens is 3. The van der Waals surface area contributed by atoms with Gasteiger partial charge in [-0.2, -0.15) is 0 Å². The van der Waals surface area contributed by atoms with Crippen molar-refractivity contribution in [1.82, 2.24) is 19.9 Å². The SMILES string of the molecule is O=C1C2C=CC=CC2C(=O)N1CCCCc1cn(CCCCCCCCCCCCOCC(O)CO)nn1. The number of fused-ring (bicyclic) bond motifs is 1. The summed E-state index contributed by atoms with van der Waals surface area (Å²) >= 11 is 0. The minimum Gasteiger partial charge on any atom is -0.394 e. The molecule has 38 heavy (non-hydrogen) atoms. The van der Waals surface area contributed by atoms with Crippen molar-refractivity contribution in [3.05, 3.63) is 36.2 Å². The quantitative estimate of drug-likeness (QED) is 0.184. The summed E-state index contributed by atoms with van der Waals surface area (Å²) in [7, 11) is 0. The van der Waals surface area contributed by atoms with Crippen molar-refractivity contribution in [3.8, 4) is 0 Å². The van der Waals surface area contributed by atoms with Crippen LogP contribution in [-0.4, -0.2) is 74.4 Å². The fraction of sp³-hybridized carbons (Fsp3) is 0.724. The Hall–Kier alpha value is -2.36. The van der Waals surface area contributed by atoms with Gasteiger partial charge in [-0.1, -0.05) is 80.9 Å². The van der Waals surface area contributed by atoms with Crippen LogP contribution in [0.15, 0.2) is 30.5 Å². The number of aliphatic hydroxyl groups is 2. The van der Waals surface area contributed by atoms with Crippen LogP contribution < -0.4 is 0 Å². The number of rotatable bonds is 21. The summed E-state index contributed by atoms with van der Waals surface area (Å²) in [5, 5.41) is 26.5. The van der Waals surface area contributed by atoms with Crippen LogP contribution in [0.2, 0.25) is 0 Å². The molecule has 1 saturated heterocycles. The molecule has 1 aliphatic heterocycles. The maximum Gasteiger partial charge on any atom is 0.237 e. The molecule has 9 heteroatoms. The number of aryl methyl sites for hydroxylation is 2. The molecule has 0 bridgehead atoms. The van der Waals surface area contributed by atoms with Gasteiger partial charge in [0.25, 0.3) is 0 Å². The van der Waals surface area contributed by atoms with Crippen molar-refractivity contribution in [1.29, 1.82) is 0 Å². The van der Waals surface area contributed by atoms with Gasteiger partial charge >= 0.3 is 0 Å². The molecule has 3 unspecified atom stereocenters. The van der Waals surface area contributed by atoms with Gasteiger partial charge in [-0.3, -0.25) is 19.2 Å². The largest absolute Gasteiger partial charge is 0.394 e. The molecule has 3 atom stereocenters. The zero-order valence-corrected chi connectivity index (χ0v) is 22.8. The Bertz CT molecular complexity index is 869. The molecular weight excluding hydrogens is 484 g/mol. The molecule has 2 heterocycles. The first-order valence-corrected chi connectivity index (χ1v) is 14.6. The standard InChI is InChI=1S/C29H46N4O5/c34-22-25(35)23-38-20-14-8-6-4-2-1-3-5-7-12-18-32-21-24(30-31-32)15-11-13-19-33-28(36)26-16-9-10-17-27(26)29(33)37/h9-10,16-17,21,25-27,34-35H,1-8,11-15,18-20,22-23H2. The first kappa shape index (κ1) is 30.2. The lowest BCUT2D eigenvalue weighted by atomic mass is 9.91. The number of carbonyl (C=O) groups excluding carboxylic acids is 2. The molecule has 2 N–H and O–H groups in total. The fourth-order valence-electron chi connectivity index (χ4n) is 5.07. The van der Waals surface area contributed by atoms with E-state index in [-0.39, 0.29) is 36.9 Å². The van der Waals surface area contributed by atoms with Gasteiger partial charge in [0.2, 0.25) is 11.8 Å². The zero-order chi connectivity index (χ0) is 27.0. The molecule has 1 fully saturated rings. The lowest BCUT2D eigenvalue weighted by molar-refractivity contribution is -0.139. The van der Waals surface area contributed by atoms with Gasteiger partial charge in [0.05, 0.1) is 30.7 Å². The number of unbranched alkanes of at least 4 members (excludes halogenated alkanes) is 10. The first-order chi connectivity index (χ1) is 18.6. The summed E-state index contributed by atoms with van der Waals surface area (Å²) in [5.74, 6) is -0.756. The topological polar surface area (TPSA) is 118 Å². The van der Waals surface area contributed by atoms with Crippen LogP contribution in [-0.2, 0) is 27.3 Å². The van der Waals surface area contributed by atoms with E-state index in [1.807, 2.05) is 35.2 Å². The molecule has 1 aliphatic carbocycles. The summed E-state index contributed by atoms with van der Waals surface area (Å²) in [4.78, 5) is 26.4. The summed E-state index contributed by atoms with van der Waals surface area (Å²) < 4.78 is 7.25. The molecule has 1 aromatic heterocycles. The third-order valence-electron chi connectivity index (χ3n) is 7.33. The maximum absolute atomic E-state index is 12.5. The van der Waals surface area contributed by atoms with Gasteiger partial charge in [-0.05, 0) is 32.1 Å². The lowest BCUT2D eigenvalue weighted by Gasteiger charge is -2.13. The second-order valence-electron chi connectivity index (χ2n) is 10.5. The Balaban J connectivity index is 1.13. The smallest absolute Gasteiger partial charge is 0.237 e. The minimum absolute atomic E-state index is 0.0676. The lowest BCUT2D eigenvalue weighted by Crippen LogP contribution is -2.31. The van der Waals surface area contributed by atoms with Gasteiger partial charge in [0.1, 0.15) is 6.10 Å². The highest BCUT2D eigenvalue weighted by molar-refractivity contribution is 6.07. The Morgan fingerprint density at radius 1 is 0.816 bits per heavy atom. The van der Waals surface area contributed by atoms with E-state index < -0.39 is 6.10 Å². The van der Waals surface area contributed by atoms with Crippen molar-refractivity contribution in [3.63, 3.8) is 0 Å². The predicted molar refractivity (Wildman–Crippen MR) is 145 cm³/mol. The third-order valence-corrected chi connectivity index (χ3v) is 7.33. The second kappa shape index (κ2) is 17.3. The van der Waals surface area contributed by atoms with E-state index >= 15 is 0 Å². The zero-order valence-electron chi connectivity index (χ0n) is 22.8. The van der Waals surface area contributed by atoms with Crippen molar-refractivity contribution in [2.24, 2.45) is 11.8 Å². The van der Waals surface area contributed by atoms with E-state index in [9.17, 15) is 14.7 Å². The van der Waals surface area contributed by atoms with Gasteiger partial charge in [-0.25, -0.2) is 0 Å². The monoisotopic (exact) mass is 530 g/mol. The van der Waals surface area contributed by atoms with Crippen LogP contribution in [0, 0.1) is 11.8 Å². The van der Waals surface area contributed by atoms with Gasteiger partial charge in [0, 0.05) is 25.9 Å². The molecule has 0 spiro atoms. The van der Waals surface area contributed by atoms with E-state index in [0.717, 1.165) is 50.8 Å². The normalized spacial score (nSPS) is 19.5. The highest BCUT2D eigenvalue weighted by Crippen LogP contribution is 2.31. The van der Waals surface area contributed by atoms with Crippen LogP contribution in [0.4, 0.5) is 0 Å². The van der Waals surface area contributed by atoms with Crippen LogP contribution >= 0.6 is 0 Å². The number of carbonyl (C=O) groups is 2. The van der Waals surface area contributed by atoms with Crippen molar-refractivity contribution in [2.75, 3.05) is 26.4 Å². The van der Waals surface area contributed by atoms with Crippen LogP contribution in [0.25, 0.3) is 0 Å². The third kappa shape index (κ3) is 10.1. The number of hydrogen-bond acceptors (Lipinski definition) is 7. The van der Waals surface area contributed by atoms with Gasteiger partial charge in [0.15, 0.2) is 0 Å². The van der Waals surface area contributed by atoms with E-state index in [1.165, 1.54) is 49.8 Å². The molecule has 0 aromatic carbocycles. The average molecular weight is 531 g/mol. The fourth-order valence-corrected chi connectivity index (χ4v) is 5.07. The highest BCUT2D eigenvalue weighted by atomic mass is 16.5. The predicted octanol–water partition coefficient (Wildman–Crippen LogP) is 3.60. The molecule has 2 aliphatic rings. The maximum atomic E-state index is 12.5. The molecule has 3 rings (SSSR count). The molecular formula is C29H46N4O5. The average Bonchev–Trinajstić information content (AvgIpc) is 3.48. The number of likely N-dealkylation sites (tertiary alicyclic amines) is 1. The van der Waals surface area contributed by atoms with E-state index in [2.05, 4.69) is 10.3 Å². The number of aliphatic hydroxyl groups excluding tert-OH is 2. The Morgan fingerprint density at radius 3 is 2.03 bits per heavy atom. The number of imide groups is 1. The summed E-state index contributed by atoms with van der Waals surface area (Å²) in [6, 6.07) is 0. The van der Waals surface area contributed by atoms with Crippen LogP contribution in [0.5, 0.6) is 0 Å². The number of ether oxygens (including phenoxy) is 1. The molecule has 0 radical (unpaired) electrons. The number of hydrogen-bond donors (Lipinski definition) is 2. The summed E-state index contributed by atoms with van der Waals surface area (Å²) in [5.41, 5.74) is 0.970. The van der Waals surface area contributed by atoms with E-state index in [4.69, 9.17) is 9.84 Å². The highest BCUT2D eigenvalue weighted by Gasteiger charge is 2.45. The minimum atomic E-state index is -0.755. The first-order valence-electron chi connectivity index (χ1n) is 14.6. The Kier molecular flexibility index (Phi) is 13.7. The molecule has 1 aromatic rings. The summed E-state index contributed by atoms with van der Waals surface area (Å²) in [6.07, 6.45) is 23.2. The molecule has 212 valence electrons. The van der Waals surface area contributed by atoms with E-state index in [1.54, 1.807) is 0 Å². The van der Waals surface area contributed by atoms with Crippen molar-refractivity contribution >= 4 is 11.8 Å². The van der Waals surface area contributed by atoms with E-state index in [0.29, 0.717) is 13.2 Å². The van der Waals surface area contributed by atoms with Crippen LogP contribution in [0.1, 0.15) is 82.7 Å². The van der Waals surface area contributed by atoms with Crippen molar-refractivity contribution in [2.45, 2.75) is 96.1 Å². The number of nitrogens with zero attached hydrogens (tertiary/aromatic N) is 4. The second-order valence-corrected chi connectivity index (χ2v) is 10.5. The Morgan fingerprint density at radius 2 is 1.39 bits per heavy atom. The Labute approximate surface area is 226 Å². The van der Waals surface area contributed by atoms with Crippen molar-refractivity contribution < 1.29 is 24.5 Å². The molecule has 2 amide bonds. The number of allylic oxidation sites excluding steroid dienone is 2. The van der Waals surface area contributed by atoms with Gasteiger partial charge in [-0.15, -0.1) is 5.10 Å². The molecule has 0 saturated carbocycles. The number of amides is 2. The van der Waals surface area contributed by atoms with Gasteiger partial charge < -0.3 is 14.9 Å². The molecule has 9 nitrogen and oxygen atoms in total.